The van der Waals surface area contributed by atoms with E-state index in [4.69, 9.17) is 17.0 Å². The number of benzene rings is 2. The average Bonchev–Trinajstić information content (AvgIpc) is 3.58. The van der Waals surface area contributed by atoms with Crippen LogP contribution in [0.5, 0.6) is 0 Å². The van der Waals surface area contributed by atoms with Crippen LogP contribution in [0.25, 0.3) is 5.69 Å². The predicted octanol–water partition coefficient (Wildman–Crippen LogP) is 5.90. The summed E-state index contributed by atoms with van der Waals surface area (Å²) < 4.78 is 47.9. The molecule has 0 amide bonds. The van der Waals surface area contributed by atoms with E-state index in [2.05, 4.69) is 27.3 Å². The fraction of sp³-hybridized carbons (Fsp3) is 0.241. The van der Waals surface area contributed by atoms with Crippen molar-refractivity contribution in [2.75, 3.05) is 36.1 Å². The topological polar surface area (TPSA) is 45.6 Å². The van der Waals surface area contributed by atoms with Gasteiger partial charge < -0.3 is 24.4 Å². The minimum atomic E-state index is -4.44. The highest BCUT2D eigenvalue weighted by Crippen LogP contribution is 2.43. The van der Waals surface area contributed by atoms with Crippen LogP contribution in [0.1, 0.15) is 29.0 Å². The van der Waals surface area contributed by atoms with Crippen molar-refractivity contribution in [3.8, 4) is 5.69 Å². The van der Waals surface area contributed by atoms with E-state index in [1.165, 1.54) is 12.1 Å². The molecule has 4 aromatic rings. The summed E-state index contributed by atoms with van der Waals surface area (Å²) in [6, 6.07) is 22.3. The minimum Gasteiger partial charge on any atom is -0.378 e. The Labute approximate surface area is 229 Å². The van der Waals surface area contributed by atoms with Crippen molar-refractivity contribution in [1.29, 1.82) is 0 Å². The number of alkyl halides is 3. The summed E-state index contributed by atoms with van der Waals surface area (Å²) in [5, 5.41) is 3.94. The first kappa shape index (κ1) is 25.4. The molecule has 0 spiro atoms. The molecule has 0 bridgehead atoms. The largest absolute Gasteiger partial charge is 0.416 e. The van der Waals surface area contributed by atoms with Gasteiger partial charge in [-0.05, 0) is 78.9 Å². The summed E-state index contributed by atoms with van der Waals surface area (Å²) in [4.78, 5) is 8.89. The van der Waals surface area contributed by atoms with Gasteiger partial charge in [0.15, 0.2) is 5.11 Å². The standard InChI is InChI=1S/C29H26F3N5OS/c30-29(31,32)20-5-3-6-23(19-20)36-14-4-8-25(36)27-26(24-7-1-2-13-33-24)34-28(39)37(27)22-11-9-21(10-12-22)35-15-17-38-18-16-35/h1-14,19,26-27H,15-18H2,(H,34,39). The first-order valence-electron chi connectivity index (χ1n) is 12.7. The zero-order valence-electron chi connectivity index (χ0n) is 20.9. The number of anilines is 2. The third kappa shape index (κ3) is 4.97. The summed E-state index contributed by atoms with van der Waals surface area (Å²) in [7, 11) is 0. The number of halogens is 3. The number of ether oxygens (including phenoxy) is 1. The lowest BCUT2D eigenvalue weighted by Gasteiger charge is -2.31. The lowest BCUT2D eigenvalue weighted by molar-refractivity contribution is -0.137. The van der Waals surface area contributed by atoms with Crippen molar-refractivity contribution in [3.63, 3.8) is 0 Å². The number of hydrogen-bond acceptors (Lipinski definition) is 4. The first-order valence-corrected chi connectivity index (χ1v) is 13.1. The van der Waals surface area contributed by atoms with Gasteiger partial charge in [-0.15, -0.1) is 0 Å². The van der Waals surface area contributed by atoms with Gasteiger partial charge in [-0.3, -0.25) is 4.98 Å². The van der Waals surface area contributed by atoms with Crippen molar-refractivity contribution < 1.29 is 17.9 Å². The number of nitrogens with zero attached hydrogens (tertiary/aromatic N) is 4. The molecule has 2 aromatic carbocycles. The summed E-state index contributed by atoms with van der Waals surface area (Å²) in [6.07, 6.45) is -0.936. The summed E-state index contributed by atoms with van der Waals surface area (Å²) in [5.41, 5.74) is 3.28. The van der Waals surface area contributed by atoms with Gasteiger partial charge in [-0.2, -0.15) is 13.2 Å². The molecular formula is C29H26F3N5OS. The third-order valence-electron chi connectivity index (χ3n) is 7.14. The number of hydrogen-bond donors (Lipinski definition) is 1. The van der Waals surface area contributed by atoms with E-state index >= 15 is 0 Å². The van der Waals surface area contributed by atoms with Crippen LogP contribution in [0.2, 0.25) is 0 Å². The van der Waals surface area contributed by atoms with Gasteiger partial charge in [-0.1, -0.05) is 12.1 Å². The number of nitrogens with one attached hydrogen (secondary N) is 1. The second kappa shape index (κ2) is 10.3. The predicted molar refractivity (Wildman–Crippen MR) is 148 cm³/mol. The van der Waals surface area contributed by atoms with Crippen molar-refractivity contribution in [2.45, 2.75) is 18.3 Å². The van der Waals surface area contributed by atoms with E-state index in [9.17, 15) is 13.2 Å². The Kier molecular flexibility index (Phi) is 6.74. The molecule has 2 fully saturated rings. The summed E-state index contributed by atoms with van der Waals surface area (Å²) >= 11 is 5.84. The number of pyridine rings is 1. The second-order valence-electron chi connectivity index (χ2n) is 9.46. The SMILES string of the molecule is FC(F)(F)c1cccc(-n2cccc2C2C(c3ccccn3)NC(=S)N2c2ccc(N3CCOCC3)cc2)c1. The molecule has 0 saturated carbocycles. The molecule has 4 heterocycles. The summed E-state index contributed by atoms with van der Waals surface area (Å²) in [6.45, 7) is 3.06. The van der Waals surface area contributed by atoms with Crippen LogP contribution in [0.4, 0.5) is 24.5 Å². The Hall–Kier alpha value is -3.89. The fourth-order valence-corrected chi connectivity index (χ4v) is 5.63. The van der Waals surface area contributed by atoms with Crippen LogP contribution >= 0.6 is 12.2 Å². The molecule has 1 N–H and O–H groups in total. The molecule has 200 valence electrons. The minimum absolute atomic E-state index is 0.322. The molecule has 6 nitrogen and oxygen atoms in total. The Morgan fingerprint density at radius 3 is 2.36 bits per heavy atom. The highest BCUT2D eigenvalue weighted by molar-refractivity contribution is 7.80. The van der Waals surface area contributed by atoms with Gasteiger partial charge >= 0.3 is 6.18 Å². The van der Waals surface area contributed by atoms with E-state index in [0.717, 1.165) is 41.9 Å². The van der Waals surface area contributed by atoms with E-state index in [-0.39, 0.29) is 12.1 Å². The maximum atomic E-state index is 13.5. The van der Waals surface area contributed by atoms with Gasteiger partial charge in [0.05, 0.1) is 30.5 Å². The van der Waals surface area contributed by atoms with Gasteiger partial charge in [0.1, 0.15) is 6.04 Å². The molecule has 2 unspecified atom stereocenters. The highest BCUT2D eigenvalue weighted by atomic mass is 32.1. The fourth-order valence-electron chi connectivity index (χ4n) is 5.28. The molecule has 2 aliphatic rings. The van der Waals surface area contributed by atoms with Crippen molar-refractivity contribution in [2.24, 2.45) is 0 Å². The first-order chi connectivity index (χ1) is 18.9. The van der Waals surface area contributed by atoms with Gasteiger partial charge in [0.25, 0.3) is 0 Å². The maximum absolute atomic E-state index is 13.5. The normalized spacial score (nSPS) is 19.8. The molecule has 39 heavy (non-hydrogen) atoms. The third-order valence-corrected chi connectivity index (χ3v) is 7.45. The van der Waals surface area contributed by atoms with E-state index in [0.29, 0.717) is 24.0 Å². The Morgan fingerprint density at radius 2 is 1.64 bits per heavy atom. The quantitative estimate of drug-likeness (QED) is 0.313. The van der Waals surface area contributed by atoms with Gasteiger partial charge in [-0.25, -0.2) is 0 Å². The smallest absolute Gasteiger partial charge is 0.378 e. The monoisotopic (exact) mass is 549 g/mol. The zero-order valence-corrected chi connectivity index (χ0v) is 21.7. The molecule has 2 saturated heterocycles. The van der Waals surface area contributed by atoms with Crippen LogP contribution in [0.3, 0.4) is 0 Å². The van der Waals surface area contributed by atoms with Crippen molar-refractivity contribution in [3.05, 3.63) is 108 Å². The molecule has 10 heteroatoms. The Morgan fingerprint density at radius 1 is 0.872 bits per heavy atom. The van der Waals surface area contributed by atoms with Crippen molar-refractivity contribution >= 4 is 28.7 Å². The number of aromatic nitrogens is 2. The Bertz CT molecular complexity index is 1450. The molecule has 6 rings (SSSR count). The van der Waals surface area contributed by atoms with Crippen LogP contribution < -0.4 is 15.1 Å². The van der Waals surface area contributed by atoms with E-state index < -0.39 is 11.7 Å². The van der Waals surface area contributed by atoms with Crippen LogP contribution in [0.15, 0.2) is 91.3 Å². The average molecular weight is 550 g/mol. The Balaban J connectivity index is 1.42. The molecule has 0 radical (unpaired) electrons. The van der Waals surface area contributed by atoms with E-state index in [1.807, 2.05) is 47.4 Å². The van der Waals surface area contributed by atoms with Crippen molar-refractivity contribution in [1.82, 2.24) is 14.9 Å². The lowest BCUT2D eigenvalue weighted by Crippen LogP contribution is -2.36. The lowest BCUT2D eigenvalue weighted by atomic mass is 10.0. The van der Waals surface area contributed by atoms with Crippen LogP contribution in [0, 0.1) is 0 Å². The van der Waals surface area contributed by atoms with Crippen LogP contribution in [-0.2, 0) is 10.9 Å². The second-order valence-corrected chi connectivity index (χ2v) is 9.85. The molecular weight excluding hydrogens is 523 g/mol. The molecule has 2 aliphatic heterocycles. The maximum Gasteiger partial charge on any atom is 0.416 e. The van der Waals surface area contributed by atoms with Crippen LogP contribution in [-0.4, -0.2) is 41.0 Å². The number of morpholine rings is 1. The van der Waals surface area contributed by atoms with Gasteiger partial charge in [0.2, 0.25) is 0 Å². The van der Waals surface area contributed by atoms with E-state index in [1.54, 1.807) is 23.0 Å². The summed E-state index contributed by atoms with van der Waals surface area (Å²) in [5.74, 6) is 0. The highest BCUT2D eigenvalue weighted by Gasteiger charge is 2.42. The molecule has 2 aromatic heterocycles. The number of thiocarbonyl (C=S) groups is 1. The van der Waals surface area contributed by atoms with Gasteiger partial charge in [0, 0.05) is 48.2 Å². The number of rotatable bonds is 5. The zero-order chi connectivity index (χ0) is 27.0. The molecule has 2 atom stereocenters. The molecule has 0 aliphatic carbocycles.